The van der Waals surface area contributed by atoms with Gasteiger partial charge in [-0.25, -0.2) is 14.6 Å². The maximum atomic E-state index is 12.5. The predicted octanol–water partition coefficient (Wildman–Crippen LogP) is 5.18. The molecule has 0 fully saturated rings. The second kappa shape index (κ2) is 8.17. The molecular weight excluding hydrogens is 435 g/mol. The van der Waals surface area contributed by atoms with Gasteiger partial charge in [-0.1, -0.05) is 56.1 Å². The minimum Gasteiger partial charge on any atom is -0.281 e. The molecule has 2 N–H and O–H groups in total. The molecule has 9 heteroatoms. The first-order valence-electron chi connectivity index (χ1n) is 9.55. The van der Waals surface area contributed by atoms with Crippen molar-refractivity contribution in [1.82, 2.24) is 25.2 Å². The number of nitrogens with zero attached hydrogens (tertiary/aromatic N) is 4. The molecule has 0 spiro atoms. The van der Waals surface area contributed by atoms with Crippen LogP contribution in [0.25, 0.3) is 16.7 Å². The number of amides is 1. The van der Waals surface area contributed by atoms with Crippen LogP contribution >= 0.6 is 23.2 Å². The fourth-order valence-corrected chi connectivity index (χ4v) is 3.35. The first-order chi connectivity index (χ1) is 14.7. The Balaban J connectivity index is 1.55. The molecule has 0 radical (unpaired) electrons. The van der Waals surface area contributed by atoms with Crippen molar-refractivity contribution in [3.8, 4) is 5.69 Å². The van der Waals surface area contributed by atoms with E-state index in [0.717, 1.165) is 5.56 Å². The molecule has 31 heavy (non-hydrogen) atoms. The molecule has 158 valence electrons. The van der Waals surface area contributed by atoms with Gasteiger partial charge >= 0.3 is 0 Å². The molecule has 0 aliphatic carbocycles. The maximum absolute atomic E-state index is 12.5. The number of benzene rings is 2. The molecule has 1 amide bonds. The largest absolute Gasteiger partial charge is 0.281 e. The Morgan fingerprint density at radius 3 is 2.42 bits per heavy atom. The summed E-state index contributed by atoms with van der Waals surface area (Å²) < 4.78 is 1.62. The number of hydrazine groups is 1. The summed E-state index contributed by atoms with van der Waals surface area (Å²) in [7, 11) is 0. The van der Waals surface area contributed by atoms with Gasteiger partial charge in [0.2, 0.25) is 0 Å². The summed E-state index contributed by atoms with van der Waals surface area (Å²) in [5, 5.41) is 5.88. The van der Waals surface area contributed by atoms with Crippen LogP contribution in [0.5, 0.6) is 0 Å². The number of hydrogen-bond donors (Lipinski definition) is 2. The first-order valence-corrected chi connectivity index (χ1v) is 10.3. The number of carbonyl (C=O) groups is 1. The fourth-order valence-electron chi connectivity index (χ4n) is 3.06. The van der Waals surface area contributed by atoms with Crippen molar-refractivity contribution in [2.75, 3.05) is 5.43 Å². The van der Waals surface area contributed by atoms with Gasteiger partial charge in [0.1, 0.15) is 6.33 Å². The highest BCUT2D eigenvalue weighted by Gasteiger charge is 2.15. The SMILES string of the molecule is CC(C)(C)c1ccc(C(=O)NNc2ncnc3c2cnn3-c2ccc(Cl)c(Cl)c2)cc1. The molecule has 4 rings (SSSR count). The highest BCUT2D eigenvalue weighted by molar-refractivity contribution is 6.42. The van der Waals surface area contributed by atoms with Gasteiger partial charge in [0.15, 0.2) is 11.5 Å². The van der Waals surface area contributed by atoms with Gasteiger partial charge in [-0.3, -0.25) is 15.6 Å². The van der Waals surface area contributed by atoms with Gasteiger partial charge in [-0.15, -0.1) is 0 Å². The van der Waals surface area contributed by atoms with Crippen LogP contribution in [0.15, 0.2) is 55.0 Å². The zero-order valence-corrected chi connectivity index (χ0v) is 18.7. The van der Waals surface area contributed by atoms with E-state index in [4.69, 9.17) is 23.2 Å². The monoisotopic (exact) mass is 454 g/mol. The van der Waals surface area contributed by atoms with E-state index >= 15 is 0 Å². The summed E-state index contributed by atoms with van der Waals surface area (Å²) in [5.74, 6) is 0.153. The number of fused-ring (bicyclic) bond motifs is 1. The van der Waals surface area contributed by atoms with Crippen molar-refractivity contribution < 1.29 is 4.79 Å². The zero-order chi connectivity index (χ0) is 22.2. The zero-order valence-electron chi connectivity index (χ0n) is 17.1. The number of nitrogens with one attached hydrogen (secondary N) is 2. The molecule has 0 unspecified atom stereocenters. The lowest BCUT2D eigenvalue weighted by Gasteiger charge is -2.19. The molecule has 0 saturated carbocycles. The molecule has 0 atom stereocenters. The maximum Gasteiger partial charge on any atom is 0.269 e. The van der Waals surface area contributed by atoms with Gasteiger partial charge in [-0.05, 0) is 41.3 Å². The van der Waals surface area contributed by atoms with Gasteiger partial charge in [-0.2, -0.15) is 5.10 Å². The molecule has 0 bridgehead atoms. The third-order valence-electron chi connectivity index (χ3n) is 4.82. The Hall–Kier alpha value is -3.16. The topological polar surface area (TPSA) is 84.7 Å². The van der Waals surface area contributed by atoms with Gasteiger partial charge < -0.3 is 0 Å². The van der Waals surface area contributed by atoms with Crippen LogP contribution in [-0.2, 0) is 5.41 Å². The minimum absolute atomic E-state index is 0.0221. The smallest absolute Gasteiger partial charge is 0.269 e. The summed E-state index contributed by atoms with van der Waals surface area (Å²) in [6.45, 7) is 6.38. The Morgan fingerprint density at radius 1 is 1.00 bits per heavy atom. The van der Waals surface area contributed by atoms with Crippen LogP contribution in [-0.4, -0.2) is 25.7 Å². The third-order valence-corrected chi connectivity index (χ3v) is 5.56. The van der Waals surface area contributed by atoms with Crippen LogP contribution < -0.4 is 10.9 Å². The quantitative estimate of drug-likeness (QED) is 0.415. The number of hydrogen-bond acceptors (Lipinski definition) is 5. The molecule has 0 aliphatic heterocycles. The Labute approximate surface area is 189 Å². The summed E-state index contributed by atoms with van der Waals surface area (Å²) in [5.41, 5.74) is 8.52. The van der Waals surface area contributed by atoms with Crippen LogP contribution in [0.1, 0.15) is 36.7 Å². The Bertz CT molecular complexity index is 1260. The van der Waals surface area contributed by atoms with E-state index in [9.17, 15) is 4.79 Å². The normalized spacial score (nSPS) is 11.5. The van der Waals surface area contributed by atoms with E-state index in [-0.39, 0.29) is 11.3 Å². The van der Waals surface area contributed by atoms with Crippen LogP contribution in [0.4, 0.5) is 5.82 Å². The minimum atomic E-state index is -0.274. The highest BCUT2D eigenvalue weighted by Crippen LogP contribution is 2.27. The number of aromatic nitrogens is 4. The molecular formula is C22H20Cl2N6O. The Kier molecular flexibility index (Phi) is 5.56. The second-order valence-electron chi connectivity index (χ2n) is 8.02. The average molecular weight is 455 g/mol. The lowest BCUT2D eigenvalue weighted by Crippen LogP contribution is -2.30. The predicted molar refractivity (Wildman–Crippen MR) is 123 cm³/mol. The number of carbonyl (C=O) groups excluding carboxylic acids is 1. The number of anilines is 1. The number of rotatable bonds is 4. The van der Waals surface area contributed by atoms with Crippen molar-refractivity contribution >= 4 is 46.0 Å². The third kappa shape index (κ3) is 4.33. The molecule has 0 aliphatic rings. The lowest BCUT2D eigenvalue weighted by molar-refractivity contribution is 0.0962. The molecule has 4 aromatic rings. The van der Waals surface area contributed by atoms with E-state index in [2.05, 4.69) is 46.7 Å². The van der Waals surface area contributed by atoms with Gasteiger partial charge in [0.25, 0.3) is 5.91 Å². The summed E-state index contributed by atoms with van der Waals surface area (Å²) in [6, 6.07) is 12.7. The summed E-state index contributed by atoms with van der Waals surface area (Å²) >= 11 is 12.1. The van der Waals surface area contributed by atoms with E-state index in [1.54, 1.807) is 41.2 Å². The lowest BCUT2D eigenvalue weighted by atomic mass is 9.87. The molecule has 2 heterocycles. The van der Waals surface area contributed by atoms with E-state index in [0.29, 0.717) is 38.1 Å². The number of halogens is 2. The average Bonchev–Trinajstić information content (AvgIpc) is 3.18. The standard InChI is InChI=1S/C22H20Cl2N6O/c1-22(2,3)14-6-4-13(5-7-14)21(31)29-28-19-16-11-27-30(20(16)26-12-25-19)15-8-9-17(23)18(24)10-15/h4-12H,1-3H3,(H,29,31)(H,25,26,28). The van der Waals surface area contributed by atoms with Crippen molar-refractivity contribution in [2.24, 2.45) is 0 Å². The molecule has 0 saturated heterocycles. The van der Waals surface area contributed by atoms with E-state index < -0.39 is 0 Å². The molecule has 2 aromatic carbocycles. The fraction of sp³-hybridized carbons (Fsp3) is 0.182. The van der Waals surface area contributed by atoms with Crippen LogP contribution in [0.2, 0.25) is 10.0 Å². The van der Waals surface area contributed by atoms with Crippen molar-refractivity contribution in [1.29, 1.82) is 0 Å². The van der Waals surface area contributed by atoms with Gasteiger partial charge in [0, 0.05) is 5.56 Å². The highest BCUT2D eigenvalue weighted by atomic mass is 35.5. The molecule has 2 aromatic heterocycles. The second-order valence-corrected chi connectivity index (χ2v) is 8.84. The van der Waals surface area contributed by atoms with Crippen molar-refractivity contribution in [3.05, 3.63) is 76.2 Å². The first kappa shape index (κ1) is 21.1. The van der Waals surface area contributed by atoms with Crippen molar-refractivity contribution in [2.45, 2.75) is 26.2 Å². The van der Waals surface area contributed by atoms with Crippen molar-refractivity contribution in [3.63, 3.8) is 0 Å². The Morgan fingerprint density at radius 2 is 1.74 bits per heavy atom. The van der Waals surface area contributed by atoms with Crippen LogP contribution in [0.3, 0.4) is 0 Å². The summed E-state index contributed by atoms with van der Waals surface area (Å²) in [6.07, 6.45) is 3.01. The molecule has 7 nitrogen and oxygen atoms in total. The van der Waals surface area contributed by atoms with E-state index in [1.807, 2.05) is 12.1 Å². The van der Waals surface area contributed by atoms with E-state index in [1.165, 1.54) is 6.33 Å². The van der Waals surface area contributed by atoms with Crippen LogP contribution in [0, 0.1) is 0 Å². The van der Waals surface area contributed by atoms with Gasteiger partial charge in [0.05, 0.1) is 27.3 Å². The summed E-state index contributed by atoms with van der Waals surface area (Å²) in [4.78, 5) is 21.1.